The second kappa shape index (κ2) is 7.53. The number of ether oxygens (including phenoxy) is 3. The van der Waals surface area contributed by atoms with Gasteiger partial charge in [-0.1, -0.05) is 12.1 Å². The first-order valence-corrected chi connectivity index (χ1v) is 6.49. The average Bonchev–Trinajstić information content (AvgIpc) is 2.39. The molecule has 4 nitrogen and oxygen atoms in total. The Morgan fingerprint density at radius 1 is 1.00 bits per heavy atom. The first-order valence-electron chi connectivity index (χ1n) is 6.09. The summed E-state index contributed by atoms with van der Waals surface area (Å²) in [6.45, 7) is 7.14. The molecule has 0 aliphatic carbocycles. The van der Waals surface area contributed by atoms with E-state index < -0.39 is 5.97 Å². The fraction of sp³-hybridized carbons (Fsp3) is 0.538. The van der Waals surface area contributed by atoms with Crippen LogP contribution < -0.4 is 4.74 Å². The maximum atomic E-state index is 5.62. The standard InChI is InChI=1S/C13H19O4Si/c1-4-14-12-10-8-7-9-11(12)13(17-18,15-5-2)16-6-3/h7-10H,4-6H2,1-3H3. The molecular formula is C13H19O4Si. The fourth-order valence-corrected chi connectivity index (χ4v) is 1.92. The number of hydrogen-bond acceptors (Lipinski definition) is 4. The van der Waals surface area contributed by atoms with Gasteiger partial charge in [0, 0.05) is 13.2 Å². The van der Waals surface area contributed by atoms with E-state index in [4.69, 9.17) is 18.6 Å². The molecule has 0 bridgehead atoms. The van der Waals surface area contributed by atoms with Crippen molar-refractivity contribution < 1.29 is 18.6 Å². The van der Waals surface area contributed by atoms with E-state index in [9.17, 15) is 0 Å². The minimum atomic E-state index is -1.29. The summed E-state index contributed by atoms with van der Waals surface area (Å²) in [5.41, 5.74) is 0.700. The van der Waals surface area contributed by atoms with Crippen molar-refractivity contribution >= 4 is 10.5 Å². The number of hydrogen-bond donors (Lipinski definition) is 0. The predicted molar refractivity (Wildman–Crippen MR) is 69.4 cm³/mol. The van der Waals surface area contributed by atoms with Gasteiger partial charge in [0.15, 0.2) is 0 Å². The monoisotopic (exact) mass is 267 g/mol. The molecule has 18 heavy (non-hydrogen) atoms. The van der Waals surface area contributed by atoms with Gasteiger partial charge in [-0.2, -0.15) is 0 Å². The van der Waals surface area contributed by atoms with Crippen LogP contribution in [-0.4, -0.2) is 30.3 Å². The molecule has 1 rings (SSSR count). The maximum Gasteiger partial charge on any atom is 0.305 e. The summed E-state index contributed by atoms with van der Waals surface area (Å²) in [7, 11) is 3.04. The van der Waals surface area contributed by atoms with Crippen molar-refractivity contribution in [2.24, 2.45) is 0 Å². The average molecular weight is 267 g/mol. The lowest BCUT2D eigenvalue weighted by atomic mass is 10.1. The molecule has 0 aromatic heterocycles. The van der Waals surface area contributed by atoms with E-state index in [-0.39, 0.29) is 0 Å². The van der Waals surface area contributed by atoms with Gasteiger partial charge in [0.05, 0.1) is 12.2 Å². The normalized spacial score (nSPS) is 11.6. The third-order valence-electron chi connectivity index (χ3n) is 2.32. The SMILES string of the molecule is CCOc1ccccc1C(O[Si])(OCC)OCC. The van der Waals surface area contributed by atoms with Crippen molar-refractivity contribution in [1.29, 1.82) is 0 Å². The molecule has 0 aliphatic rings. The molecule has 3 radical (unpaired) electrons. The van der Waals surface area contributed by atoms with Crippen molar-refractivity contribution in [2.45, 2.75) is 26.7 Å². The van der Waals surface area contributed by atoms with Gasteiger partial charge in [-0.15, -0.1) is 0 Å². The molecule has 1 aromatic rings. The Bertz CT molecular complexity index is 351. The van der Waals surface area contributed by atoms with E-state index in [1.807, 2.05) is 45.0 Å². The van der Waals surface area contributed by atoms with Gasteiger partial charge >= 0.3 is 5.97 Å². The van der Waals surface area contributed by atoms with Crippen LogP contribution >= 0.6 is 0 Å². The van der Waals surface area contributed by atoms with Crippen LogP contribution in [0.3, 0.4) is 0 Å². The molecule has 0 spiro atoms. The predicted octanol–water partition coefficient (Wildman–Crippen LogP) is 2.37. The third kappa shape index (κ3) is 3.32. The first kappa shape index (κ1) is 15.2. The van der Waals surface area contributed by atoms with Crippen LogP contribution in [0.5, 0.6) is 5.75 Å². The van der Waals surface area contributed by atoms with Crippen molar-refractivity contribution in [2.75, 3.05) is 19.8 Å². The lowest BCUT2D eigenvalue weighted by Crippen LogP contribution is -2.36. The van der Waals surface area contributed by atoms with Gasteiger partial charge in [0.25, 0.3) is 10.5 Å². The zero-order chi connectivity index (χ0) is 13.4. The highest BCUT2D eigenvalue weighted by molar-refractivity contribution is 5.98. The summed E-state index contributed by atoms with van der Waals surface area (Å²) in [5, 5.41) is 0. The third-order valence-corrected chi connectivity index (χ3v) is 2.59. The van der Waals surface area contributed by atoms with Crippen LogP contribution in [0.2, 0.25) is 0 Å². The van der Waals surface area contributed by atoms with E-state index in [1.165, 1.54) is 0 Å². The van der Waals surface area contributed by atoms with Crippen LogP contribution in [0.15, 0.2) is 24.3 Å². The second-order valence-electron chi connectivity index (χ2n) is 3.45. The molecule has 0 saturated heterocycles. The van der Waals surface area contributed by atoms with Gasteiger partial charge in [-0.25, -0.2) is 0 Å². The van der Waals surface area contributed by atoms with E-state index in [0.29, 0.717) is 31.1 Å². The first-order chi connectivity index (χ1) is 8.74. The minimum Gasteiger partial charge on any atom is -0.493 e. The van der Waals surface area contributed by atoms with Crippen molar-refractivity contribution in [3.05, 3.63) is 29.8 Å². The van der Waals surface area contributed by atoms with E-state index >= 15 is 0 Å². The molecule has 0 atom stereocenters. The molecule has 0 saturated carbocycles. The number of rotatable bonds is 8. The fourth-order valence-electron chi connectivity index (χ4n) is 1.69. The Kier molecular flexibility index (Phi) is 6.35. The minimum absolute atomic E-state index is 0.449. The summed E-state index contributed by atoms with van der Waals surface area (Å²) in [5.74, 6) is -0.605. The smallest absolute Gasteiger partial charge is 0.305 e. The quantitative estimate of drug-likeness (QED) is 0.535. The summed E-state index contributed by atoms with van der Waals surface area (Å²) >= 11 is 0. The molecular weight excluding hydrogens is 248 g/mol. The molecule has 0 fully saturated rings. The summed E-state index contributed by atoms with van der Waals surface area (Å²) in [6.07, 6.45) is 0. The highest BCUT2D eigenvalue weighted by Gasteiger charge is 2.36. The number of benzene rings is 1. The maximum absolute atomic E-state index is 5.62. The Morgan fingerprint density at radius 3 is 2.11 bits per heavy atom. The van der Waals surface area contributed by atoms with Gasteiger partial charge in [-0.3, -0.25) is 0 Å². The van der Waals surface area contributed by atoms with Crippen molar-refractivity contribution in [3.63, 3.8) is 0 Å². The topological polar surface area (TPSA) is 36.9 Å². The highest BCUT2D eigenvalue weighted by Crippen LogP contribution is 2.34. The molecule has 99 valence electrons. The van der Waals surface area contributed by atoms with E-state index in [2.05, 4.69) is 10.5 Å². The zero-order valence-corrected chi connectivity index (χ0v) is 12.1. The molecule has 0 amide bonds. The highest BCUT2D eigenvalue weighted by atomic mass is 28.2. The summed E-state index contributed by atoms with van der Waals surface area (Å²) < 4.78 is 22.1. The Morgan fingerprint density at radius 2 is 1.61 bits per heavy atom. The number of para-hydroxylation sites is 1. The Balaban J connectivity index is 3.18. The van der Waals surface area contributed by atoms with Crippen molar-refractivity contribution in [3.8, 4) is 5.75 Å². The van der Waals surface area contributed by atoms with Gasteiger partial charge in [0.1, 0.15) is 5.75 Å². The Labute approximate surface area is 112 Å². The van der Waals surface area contributed by atoms with Crippen LogP contribution in [0, 0.1) is 0 Å². The van der Waals surface area contributed by atoms with Gasteiger partial charge < -0.3 is 18.6 Å². The molecule has 5 heteroatoms. The van der Waals surface area contributed by atoms with E-state index in [0.717, 1.165) is 0 Å². The van der Waals surface area contributed by atoms with Crippen molar-refractivity contribution in [1.82, 2.24) is 0 Å². The lowest BCUT2D eigenvalue weighted by molar-refractivity contribution is -0.353. The molecule has 0 aliphatic heterocycles. The van der Waals surface area contributed by atoms with Gasteiger partial charge in [-0.05, 0) is 32.9 Å². The molecule has 1 aromatic carbocycles. The van der Waals surface area contributed by atoms with Gasteiger partial charge in [0.2, 0.25) is 0 Å². The second-order valence-corrected chi connectivity index (χ2v) is 3.66. The molecule has 0 heterocycles. The summed E-state index contributed by atoms with van der Waals surface area (Å²) in [6, 6.07) is 7.49. The molecule has 0 N–H and O–H groups in total. The van der Waals surface area contributed by atoms with Crippen LogP contribution in [0.1, 0.15) is 26.3 Å². The zero-order valence-electron chi connectivity index (χ0n) is 11.1. The largest absolute Gasteiger partial charge is 0.493 e. The Hall–Kier alpha value is -0.883. The van der Waals surface area contributed by atoms with Crippen LogP contribution in [0.25, 0.3) is 0 Å². The molecule has 0 unspecified atom stereocenters. The lowest BCUT2D eigenvalue weighted by Gasteiger charge is -2.32. The summed E-state index contributed by atoms with van der Waals surface area (Å²) in [4.78, 5) is 0. The van der Waals surface area contributed by atoms with Crippen LogP contribution in [0.4, 0.5) is 0 Å². The van der Waals surface area contributed by atoms with E-state index in [1.54, 1.807) is 0 Å². The van der Waals surface area contributed by atoms with Crippen LogP contribution in [-0.2, 0) is 19.9 Å².